The quantitative estimate of drug-likeness (QED) is 0.531. The molecular formula is C23H25O4P. The zero-order valence-corrected chi connectivity index (χ0v) is 17.5. The van der Waals surface area contributed by atoms with Crippen LogP contribution in [0.5, 0.6) is 23.0 Å². The number of ether oxygens (including phenoxy) is 4. The zero-order chi connectivity index (χ0) is 19.9. The fraction of sp³-hybridized carbons (Fsp3) is 0.217. The van der Waals surface area contributed by atoms with Gasteiger partial charge >= 0.3 is 0 Å². The lowest BCUT2D eigenvalue weighted by molar-refractivity contribution is 0.399. The SMILES string of the molecule is COc1cccc(OC)c1P(Cc1ccccc1)c1c(OC)cccc1OC. The molecule has 0 radical (unpaired) electrons. The van der Waals surface area contributed by atoms with Crippen LogP contribution in [-0.2, 0) is 6.16 Å². The molecule has 4 nitrogen and oxygen atoms in total. The second-order valence-electron chi connectivity index (χ2n) is 6.09. The van der Waals surface area contributed by atoms with E-state index in [0.717, 1.165) is 39.8 Å². The summed E-state index contributed by atoms with van der Waals surface area (Å²) in [4.78, 5) is 0. The van der Waals surface area contributed by atoms with E-state index in [9.17, 15) is 0 Å². The summed E-state index contributed by atoms with van der Waals surface area (Å²) in [7, 11) is 5.82. The van der Waals surface area contributed by atoms with Crippen molar-refractivity contribution < 1.29 is 18.9 Å². The van der Waals surface area contributed by atoms with Gasteiger partial charge in [0.25, 0.3) is 0 Å². The summed E-state index contributed by atoms with van der Waals surface area (Å²) in [6.07, 6.45) is 0.809. The van der Waals surface area contributed by atoms with Crippen molar-refractivity contribution in [3.05, 3.63) is 72.3 Å². The first kappa shape index (κ1) is 20.0. The molecule has 0 fully saturated rings. The summed E-state index contributed by atoms with van der Waals surface area (Å²) in [5, 5.41) is 2.07. The number of rotatable bonds is 8. The van der Waals surface area contributed by atoms with Crippen molar-refractivity contribution in [1.82, 2.24) is 0 Å². The summed E-state index contributed by atoms with van der Waals surface area (Å²) in [6.45, 7) is 0. The molecule has 0 bridgehead atoms. The topological polar surface area (TPSA) is 36.9 Å². The third kappa shape index (κ3) is 4.07. The number of benzene rings is 3. The predicted octanol–water partition coefficient (Wildman–Crippen LogP) is 4.35. The number of methoxy groups -OCH3 is 4. The van der Waals surface area contributed by atoms with Gasteiger partial charge < -0.3 is 18.9 Å². The van der Waals surface area contributed by atoms with Gasteiger partial charge in [-0.3, -0.25) is 0 Å². The standard InChI is InChI=1S/C23H25O4P/c1-24-18-12-8-13-19(25-2)22(18)28(16-17-10-6-5-7-11-17)23-20(26-3)14-9-15-21(23)27-4/h5-15H,16H2,1-4H3. The number of hydrogen-bond acceptors (Lipinski definition) is 4. The minimum Gasteiger partial charge on any atom is -0.496 e. The molecule has 0 aliphatic heterocycles. The largest absolute Gasteiger partial charge is 0.496 e. The van der Waals surface area contributed by atoms with E-state index >= 15 is 0 Å². The molecular weight excluding hydrogens is 371 g/mol. The molecule has 0 aromatic heterocycles. The Morgan fingerprint density at radius 1 is 0.536 bits per heavy atom. The van der Waals surface area contributed by atoms with Gasteiger partial charge in [0.2, 0.25) is 0 Å². The van der Waals surface area contributed by atoms with E-state index in [1.807, 2.05) is 42.5 Å². The Bertz CT molecular complexity index is 812. The van der Waals surface area contributed by atoms with Crippen LogP contribution in [0.25, 0.3) is 0 Å². The Balaban J connectivity index is 2.27. The third-order valence-corrected chi connectivity index (χ3v) is 7.17. The maximum Gasteiger partial charge on any atom is 0.130 e. The Hall–Kier alpha value is -2.71. The molecule has 0 saturated heterocycles. The second kappa shape index (κ2) is 9.48. The predicted molar refractivity (Wildman–Crippen MR) is 115 cm³/mol. The van der Waals surface area contributed by atoms with E-state index in [1.54, 1.807) is 28.4 Å². The highest BCUT2D eigenvalue weighted by molar-refractivity contribution is 7.73. The minimum atomic E-state index is -0.934. The van der Waals surface area contributed by atoms with Crippen LogP contribution >= 0.6 is 7.92 Å². The number of hydrogen-bond donors (Lipinski definition) is 0. The van der Waals surface area contributed by atoms with E-state index in [0.29, 0.717) is 0 Å². The normalized spacial score (nSPS) is 10.6. The van der Waals surface area contributed by atoms with E-state index in [2.05, 4.69) is 24.3 Å². The van der Waals surface area contributed by atoms with Crippen molar-refractivity contribution >= 4 is 18.5 Å². The van der Waals surface area contributed by atoms with Crippen LogP contribution in [0.15, 0.2) is 66.7 Å². The van der Waals surface area contributed by atoms with Crippen LogP contribution < -0.4 is 29.6 Å². The molecule has 3 aromatic carbocycles. The smallest absolute Gasteiger partial charge is 0.130 e. The average molecular weight is 396 g/mol. The summed E-state index contributed by atoms with van der Waals surface area (Å²) >= 11 is 0. The van der Waals surface area contributed by atoms with Gasteiger partial charge in [0.05, 0.1) is 39.0 Å². The molecule has 0 spiro atoms. The maximum absolute atomic E-state index is 5.73. The van der Waals surface area contributed by atoms with Gasteiger partial charge in [0, 0.05) is 6.16 Å². The lowest BCUT2D eigenvalue weighted by atomic mass is 10.2. The molecule has 3 rings (SSSR count). The molecule has 0 aliphatic rings. The van der Waals surface area contributed by atoms with E-state index in [1.165, 1.54) is 5.56 Å². The fourth-order valence-corrected chi connectivity index (χ4v) is 6.07. The van der Waals surface area contributed by atoms with Gasteiger partial charge in [0.1, 0.15) is 23.0 Å². The Kier molecular flexibility index (Phi) is 6.78. The minimum absolute atomic E-state index is 0.800. The van der Waals surface area contributed by atoms with Crippen LogP contribution in [0.1, 0.15) is 5.56 Å². The van der Waals surface area contributed by atoms with Crippen LogP contribution in [0.3, 0.4) is 0 Å². The molecule has 0 saturated carbocycles. The average Bonchev–Trinajstić information content (AvgIpc) is 2.77. The molecule has 0 unspecified atom stereocenters. The van der Waals surface area contributed by atoms with Gasteiger partial charge in [-0.2, -0.15) is 0 Å². The molecule has 5 heteroatoms. The summed E-state index contributed by atoms with van der Waals surface area (Å²) in [5.41, 5.74) is 1.23. The van der Waals surface area contributed by atoms with Gasteiger partial charge in [-0.25, -0.2) is 0 Å². The first-order valence-electron chi connectivity index (χ1n) is 8.97. The van der Waals surface area contributed by atoms with Gasteiger partial charge in [-0.15, -0.1) is 0 Å². The first-order valence-corrected chi connectivity index (χ1v) is 10.5. The van der Waals surface area contributed by atoms with E-state index in [-0.39, 0.29) is 0 Å². The fourth-order valence-electron chi connectivity index (χ4n) is 3.23. The van der Waals surface area contributed by atoms with Gasteiger partial charge in [-0.05, 0) is 37.8 Å². The van der Waals surface area contributed by atoms with Crippen molar-refractivity contribution in [3.63, 3.8) is 0 Å². The van der Waals surface area contributed by atoms with Crippen molar-refractivity contribution in [2.24, 2.45) is 0 Å². The lowest BCUT2D eigenvalue weighted by Crippen LogP contribution is -2.20. The molecule has 146 valence electrons. The molecule has 0 amide bonds. The summed E-state index contributed by atoms with van der Waals surface area (Å²) in [6, 6.07) is 22.2. The molecule has 0 aliphatic carbocycles. The Morgan fingerprint density at radius 2 is 0.929 bits per heavy atom. The monoisotopic (exact) mass is 396 g/mol. The van der Waals surface area contributed by atoms with Gasteiger partial charge in [-0.1, -0.05) is 42.5 Å². The third-order valence-electron chi connectivity index (χ3n) is 4.53. The first-order chi connectivity index (χ1) is 13.7. The van der Waals surface area contributed by atoms with Crippen molar-refractivity contribution in [2.45, 2.75) is 6.16 Å². The highest BCUT2D eigenvalue weighted by atomic mass is 31.1. The lowest BCUT2D eigenvalue weighted by Gasteiger charge is -2.26. The Morgan fingerprint density at radius 3 is 1.29 bits per heavy atom. The van der Waals surface area contributed by atoms with Crippen molar-refractivity contribution in [2.75, 3.05) is 28.4 Å². The van der Waals surface area contributed by atoms with Crippen molar-refractivity contribution in [1.29, 1.82) is 0 Å². The highest BCUT2D eigenvalue weighted by Gasteiger charge is 2.28. The zero-order valence-electron chi connectivity index (χ0n) is 16.6. The van der Waals surface area contributed by atoms with Crippen LogP contribution in [0, 0.1) is 0 Å². The van der Waals surface area contributed by atoms with Gasteiger partial charge in [0.15, 0.2) is 0 Å². The van der Waals surface area contributed by atoms with Crippen LogP contribution in [-0.4, -0.2) is 28.4 Å². The van der Waals surface area contributed by atoms with E-state index in [4.69, 9.17) is 18.9 Å². The Labute approximate surface area is 167 Å². The molecule has 3 aromatic rings. The van der Waals surface area contributed by atoms with Crippen molar-refractivity contribution in [3.8, 4) is 23.0 Å². The van der Waals surface area contributed by atoms with Crippen LogP contribution in [0.2, 0.25) is 0 Å². The highest BCUT2D eigenvalue weighted by Crippen LogP contribution is 2.48. The summed E-state index contributed by atoms with van der Waals surface area (Å²) in [5.74, 6) is 3.20. The van der Waals surface area contributed by atoms with Crippen LogP contribution in [0.4, 0.5) is 0 Å². The molecule has 0 atom stereocenters. The van der Waals surface area contributed by atoms with E-state index < -0.39 is 7.92 Å². The molecule has 0 heterocycles. The molecule has 28 heavy (non-hydrogen) atoms. The summed E-state index contributed by atoms with van der Waals surface area (Å²) < 4.78 is 22.9. The molecule has 0 N–H and O–H groups in total. The maximum atomic E-state index is 5.73. The second-order valence-corrected chi connectivity index (χ2v) is 8.16.